The summed E-state index contributed by atoms with van der Waals surface area (Å²) in [5.74, 6) is 7.49. The number of hydrogen-bond acceptors (Lipinski definition) is 2. The predicted octanol–water partition coefficient (Wildman–Crippen LogP) is 3.68. The molecule has 2 aromatic rings. The normalized spacial score (nSPS) is 9.65. The zero-order valence-corrected chi connectivity index (χ0v) is 11.9. The summed E-state index contributed by atoms with van der Waals surface area (Å²) in [4.78, 5) is 4.08. The summed E-state index contributed by atoms with van der Waals surface area (Å²) in [5.41, 5.74) is 2.16. The Bertz CT molecular complexity index is 569. The molecule has 0 fully saturated rings. The first-order valence-corrected chi connectivity index (χ1v) is 7.08. The molecule has 0 aliphatic heterocycles. The van der Waals surface area contributed by atoms with Crippen molar-refractivity contribution in [2.24, 2.45) is 0 Å². The molecule has 0 amide bonds. The SMILES string of the molecule is ClCCC#Cc1ccc(OCCc2cccnc2)cc1. The molecule has 0 aliphatic carbocycles. The van der Waals surface area contributed by atoms with Crippen LogP contribution in [0.3, 0.4) is 0 Å². The average Bonchev–Trinajstić information content (AvgIpc) is 2.50. The molecule has 0 saturated carbocycles. The zero-order valence-electron chi connectivity index (χ0n) is 11.2. The Hall–Kier alpha value is -1.98. The number of halogens is 1. The van der Waals surface area contributed by atoms with E-state index in [4.69, 9.17) is 16.3 Å². The van der Waals surface area contributed by atoms with Gasteiger partial charge in [-0.1, -0.05) is 17.9 Å². The summed E-state index contributed by atoms with van der Waals surface area (Å²) in [6, 6.07) is 11.8. The first-order chi connectivity index (χ1) is 9.88. The molecule has 0 radical (unpaired) electrons. The van der Waals surface area contributed by atoms with Gasteiger partial charge in [-0.05, 0) is 35.9 Å². The third-order valence-electron chi connectivity index (χ3n) is 2.69. The molecule has 0 bridgehead atoms. The molecule has 0 atom stereocenters. The molecule has 1 aromatic heterocycles. The van der Waals surface area contributed by atoms with Crippen LogP contribution in [0.2, 0.25) is 0 Å². The van der Waals surface area contributed by atoms with Crippen LogP contribution in [0.15, 0.2) is 48.8 Å². The minimum absolute atomic E-state index is 0.572. The Labute approximate surface area is 124 Å². The van der Waals surface area contributed by atoms with Gasteiger partial charge >= 0.3 is 0 Å². The number of hydrogen-bond donors (Lipinski definition) is 0. The fourth-order valence-corrected chi connectivity index (χ4v) is 1.77. The third kappa shape index (κ3) is 4.95. The van der Waals surface area contributed by atoms with Gasteiger partial charge in [0.1, 0.15) is 5.75 Å². The molecule has 102 valence electrons. The quantitative estimate of drug-likeness (QED) is 0.617. The highest BCUT2D eigenvalue weighted by molar-refractivity contribution is 6.18. The molecule has 1 heterocycles. The maximum Gasteiger partial charge on any atom is 0.119 e. The number of rotatable bonds is 5. The molecule has 2 rings (SSSR count). The number of aromatic nitrogens is 1. The summed E-state index contributed by atoms with van der Waals surface area (Å²) < 4.78 is 5.69. The van der Waals surface area contributed by atoms with Crippen molar-refractivity contribution in [2.75, 3.05) is 12.5 Å². The Morgan fingerprint density at radius 3 is 2.70 bits per heavy atom. The van der Waals surface area contributed by atoms with Gasteiger partial charge in [0.25, 0.3) is 0 Å². The highest BCUT2D eigenvalue weighted by Gasteiger charge is 1.96. The first-order valence-electron chi connectivity index (χ1n) is 6.55. The Balaban J connectivity index is 1.81. The third-order valence-corrected chi connectivity index (χ3v) is 2.88. The van der Waals surface area contributed by atoms with Crippen LogP contribution >= 0.6 is 11.6 Å². The highest BCUT2D eigenvalue weighted by Crippen LogP contribution is 2.12. The van der Waals surface area contributed by atoms with E-state index >= 15 is 0 Å². The van der Waals surface area contributed by atoms with E-state index in [0.717, 1.165) is 17.7 Å². The fraction of sp³-hybridized carbons (Fsp3) is 0.235. The van der Waals surface area contributed by atoms with Crippen molar-refractivity contribution >= 4 is 11.6 Å². The largest absolute Gasteiger partial charge is 0.493 e. The van der Waals surface area contributed by atoms with Gasteiger partial charge in [0, 0.05) is 36.7 Å². The summed E-state index contributed by atoms with van der Waals surface area (Å²) in [5, 5.41) is 0. The number of alkyl halides is 1. The van der Waals surface area contributed by atoms with Crippen LogP contribution in [0.4, 0.5) is 0 Å². The van der Waals surface area contributed by atoms with E-state index in [1.807, 2.05) is 42.6 Å². The van der Waals surface area contributed by atoms with Crippen molar-refractivity contribution in [3.63, 3.8) is 0 Å². The Morgan fingerprint density at radius 2 is 2.00 bits per heavy atom. The van der Waals surface area contributed by atoms with E-state index in [9.17, 15) is 0 Å². The molecule has 2 nitrogen and oxygen atoms in total. The molecule has 0 saturated heterocycles. The number of pyridine rings is 1. The van der Waals surface area contributed by atoms with Crippen LogP contribution < -0.4 is 4.74 Å². The number of benzene rings is 1. The van der Waals surface area contributed by atoms with Gasteiger partial charge in [-0.15, -0.1) is 11.6 Å². The first kappa shape index (κ1) is 14.4. The fourth-order valence-electron chi connectivity index (χ4n) is 1.68. The average molecular weight is 286 g/mol. The minimum Gasteiger partial charge on any atom is -0.493 e. The smallest absolute Gasteiger partial charge is 0.119 e. The second kappa shape index (κ2) is 8.24. The van der Waals surface area contributed by atoms with Crippen molar-refractivity contribution < 1.29 is 4.74 Å². The molecule has 0 unspecified atom stereocenters. The van der Waals surface area contributed by atoms with E-state index in [2.05, 4.69) is 16.8 Å². The maximum atomic E-state index is 5.69. The van der Waals surface area contributed by atoms with Crippen molar-refractivity contribution in [1.82, 2.24) is 4.98 Å². The van der Waals surface area contributed by atoms with E-state index in [1.54, 1.807) is 6.20 Å². The summed E-state index contributed by atoms with van der Waals surface area (Å²) >= 11 is 5.57. The Morgan fingerprint density at radius 1 is 1.15 bits per heavy atom. The van der Waals surface area contributed by atoms with Gasteiger partial charge in [0.05, 0.1) is 6.61 Å². The Kier molecular flexibility index (Phi) is 5.95. The number of nitrogens with zero attached hydrogens (tertiary/aromatic N) is 1. The molecule has 0 spiro atoms. The van der Waals surface area contributed by atoms with Crippen molar-refractivity contribution in [2.45, 2.75) is 12.8 Å². The van der Waals surface area contributed by atoms with Gasteiger partial charge in [0.2, 0.25) is 0 Å². The lowest BCUT2D eigenvalue weighted by Crippen LogP contribution is -2.01. The summed E-state index contributed by atoms with van der Waals surface area (Å²) in [6.45, 7) is 0.642. The molecular weight excluding hydrogens is 270 g/mol. The predicted molar refractivity (Wildman–Crippen MR) is 82.1 cm³/mol. The molecule has 0 N–H and O–H groups in total. The van der Waals surface area contributed by atoms with Crippen molar-refractivity contribution in [3.8, 4) is 17.6 Å². The van der Waals surface area contributed by atoms with Gasteiger partial charge < -0.3 is 4.74 Å². The van der Waals surface area contributed by atoms with Gasteiger partial charge in [-0.25, -0.2) is 0 Å². The molecule has 0 aliphatic rings. The van der Waals surface area contributed by atoms with E-state index in [-0.39, 0.29) is 0 Å². The summed E-state index contributed by atoms with van der Waals surface area (Å²) in [7, 11) is 0. The van der Waals surface area contributed by atoms with E-state index < -0.39 is 0 Å². The lowest BCUT2D eigenvalue weighted by atomic mass is 10.2. The van der Waals surface area contributed by atoms with Crippen LogP contribution in [0.5, 0.6) is 5.75 Å². The van der Waals surface area contributed by atoms with Gasteiger partial charge in [-0.2, -0.15) is 0 Å². The monoisotopic (exact) mass is 285 g/mol. The molecule has 3 heteroatoms. The molecule has 20 heavy (non-hydrogen) atoms. The lowest BCUT2D eigenvalue weighted by molar-refractivity contribution is 0.322. The standard InChI is InChI=1S/C17H16ClNO/c18-11-2-1-4-15-6-8-17(9-7-15)20-13-10-16-5-3-12-19-14-16/h3,5-9,12,14H,2,10-11,13H2. The maximum absolute atomic E-state index is 5.69. The second-order valence-corrected chi connectivity index (χ2v) is 4.60. The van der Waals surface area contributed by atoms with Crippen LogP contribution in [0.1, 0.15) is 17.5 Å². The van der Waals surface area contributed by atoms with Crippen molar-refractivity contribution in [3.05, 3.63) is 59.9 Å². The number of ether oxygens (including phenoxy) is 1. The van der Waals surface area contributed by atoms with Crippen LogP contribution in [0, 0.1) is 11.8 Å². The highest BCUT2D eigenvalue weighted by atomic mass is 35.5. The molecule has 1 aromatic carbocycles. The van der Waals surface area contributed by atoms with E-state index in [1.165, 1.54) is 5.56 Å². The van der Waals surface area contributed by atoms with Crippen molar-refractivity contribution in [1.29, 1.82) is 0 Å². The van der Waals surface area contributed by atoms with Crippen LogP contribution in [-0.2, 0) is 6.42 Å². The van der Waals surface area contributed by atoms with E-state index in [0.29, 0.717) is 18.9 Å². The van der Waals surface area contributed by atoms with Crippen LogP contribution in [-0.4, -0.2) is 17.5 Å². The topological polar surface area (TPSA) is 22.1 Å². The van der Waals surface area contributed by atoms with Gasteiger partial charge in [-0.3, -0.25) is 4.98 Å². The molecular formula is C17H16ClNO. The minimum atomic E-state index is 0.572. The summed E-state index contributed by atoms with van der Waals surface area (Å²) in [6.07, 6.45) is 5.20. The second-order valence-electron chi connectivity index (χ2n) is 4.22. The lowest BCUT2D eigenvalue weighted by Gasteiger charge is -2.05. The van der Waals surface area contributed by atoms with Crippen LogP contribution in [0.25, 0.3) is 0 Å². The zero-order chi connectivity index (χ0) is 14.0. The van der Waals surface area contributed by atoms with Gasteiger partial charge in [0.15, 0.2) is 0 Å².